The number of rotatable bonds is 5. The van der Waals surface area contributed by atoms with Gasteiger partial charge in [0, 0.05) is 30.5 Å². The van der Waals surface area contributed by atoms with E-state index in [9.17, 15) is 4.79 Å². The van der Waals surface area contributed by atoms with Crippen molar-refractivity contribution >= 4 is 17.5 Å². The molecule has 1 aliphatic rings. The van der Waals surface area contributed by atoms with Crippen molar-refractivity contribution in [2.75, 3.05) is 30.7 Å². The molecule has 1 heterocycles. The molecular weight excluding hydrogens is 254 g/mol. The molecule has 0 bridgehead atoms. The first-order valence-corrected chi connectivity index (χ1v) is 7.23. The first-order chi connectivity index (χ1) is 9.69. The first-order valence-electron chi connectivity index (χ1n) is 7.23. The van der Waals surface area contributed by atoms with Crippen molar-refractivity contribution in [3.63, 3.8) is 0 Å². The summed E-state index contributed by atoms with van der Waals surface area (Å²) >= 11 is 0. The maximum Gasteiger partial charge on any atom is 0.409 e. The molecule has 0 unspecified atom stereocenters. The van der Waals surface area contributed by atoms with Crippen molar-refractivity contribution in [2.24, 2.45) is 0 Å². The van der Waals surface area contributed by atoms with Crippen molar-refractivity contribution in [3.8, 4) is 0 Å². The first kappa shape index (κ1) is 14.5. The summed E-state index contributed by atoms with van der Waals surface area (Å²) in [4.78, 5) is 13.6. The quantitative estimate of drug-likeness (QED) is 0.641. The third kappa shape index (κ3) is 4.05. The smallest absolute Gasteiger partial charge is 0.409 e. The van der Waals surface area contributed by atoms with E-state index in [4.69, 9.17) is 10.5 Å². The van der Waals surface area contributed by atoms with E-state index in [1.54, 1.807) is 4.90 Å². The monoisotopic (exact) mass is 277 g/mol. The van der Waals surface area contributed by atoms with Gasteiger partial charge in [-0.1, -0.05) is 19.4 Å². The van der Waals surface area contributed by atoms with Crippen LogP contribution in [0.1, 0.15) is 26.2 Å². The highest BCUT2D eigenvalue weighted by atomic mass is 16.6. The van der Waals surface area contributed by atoms with Gasteiger partial charge in [0.2, 0.25) is 0 Å². The highest BCUT2D eigenvalue weighted by Gasteiger charge is 2.27. The van der Waals surface area contributed by atoms with E-state index in [0.29, 0.717) is 13.2 Å². The summed E-state index contributed by atoms with van der Waals surface area (Å²) in [7, 11) is 0. The molecule has 1 saturated heterocycles. The van der Waals surface area contributed by atoms with Gasteiger partial charge in [-0.3, -0.25) is 0 Å². The van der Waals surface area contributed by atoms with E-state index in [2.05, 4.69) is 12.2 Å². The Morgan fingerprint density at radius 2 is 2.40 bits per heavy atom. The van der Waals surface area contributed by atoms with E-state index in [1.165, 1.54) is 0 Å². The van der Waals surface area contributed by atoms with Gasteiger partial charge in [0.25, 0.3) is 0 Å². The molecule has 3 N–H and O–H groups in total. The highest BCUT2D eigenvalue weighted by molar-refractivity contribution is 5.68. The fourth-order valence-electron chi connectivity index (χ4n) is 2.30. The average Bonchev–Trinajstić information content (AvgIpc) is 2.87. The van der Waals surface area contributed by atoms with E-state index >= 15 is 0 Å². The molecule has 1 fully saturated rings. The van der Waals surface area contributed by atoms with Gasteiger partial charge in [0.1, 0.15) is 0 Å². The van der Waals surface area contributed by atoms with Gasteiger partial charge in [0.15, 0.2) is 0 Å². The van der Waals surface area contributed by atoms with Gasteiger partial charge in [0.05, 0.1) is 6.61 Å². The van der Waals surface area contributed by atoms with Crippen LogP contribution in [0.3, 0.4) is 0 Å². The predicted octanol–water partition coefficient (Wildman–Crippen LogP) is 2.69. The van der Waals surface area contributed by atoms with Crippen molar-refractivity contribution < 1.29 is 9.53 Å². The Morgan fingerprint density at radius 1 is 1.55 bits per heavy atom. The lowest BCUT2D eigenvalue weighted by Crippen LogP contribution is -2.32. The Balaban J connectivity index is 1.78. The number of benzene rings is 1. The second kappa shape index (κ2) is 7.03. The number of nitrogens with zero attached hydrogens (tertiary/aromatic N) is 1. The Hall–Kier alpha value is -1.91. The molecule has 20 heavy (non-hydrogen) atoms. The number of anilines is 2. The summed E-state index contributed by atoms with van der Waals surface area (Å²) < 4.78 is 5.22. The normalized spacial score (nSPS) is 18.1. The zero-order valence-corrected chi connectivity index (χ0v) is 12.0. The van der Waals surface area contributed by atoms with Crippen LogP contribution in [0.5, 0.6) is 0 Å². The summed E-state index contributed by atoms with van der Waals surface area (Å²) in [6, 6.07) is 7.93. The molecule has 0 radical (unpaired) electrons. The standard InChI is InChI=1S/C15H23N3O2/c1-2-3-9-20-15(19)18-8-7-14(11-18)17-13-6-4-5-12(16)10-13/h4-6,10,14,17H,2-3,7-9,11,16H2,1H3/t14-/m1/s1. The zero-order valence-electron chi connectivity index (χ0n) is 12.0. The van der Waals surface area contributed by atoms with Crippen molar-refractivity contribution in [1.82, 2.24) is 4.90 Å². The van der Waals surface area contributed by atoms with Crippen LogP contribution in [0.25, 0.3) is 0 Å². The molecule has 0 saturated carbocycles. The molecule has 5 nitrogen and oxygen atoms in total. The SMILES string of the molecule is CCCCOC(=O)N1CC[C@@H](Nc2cccc(N)c2)C1. The van der Waals surface area contributed by atoms with E-state index in [-0.39, 0.29) is 12.1 Å². The van der Waals surface area contributed by atoms with Gasteiger partial charge < -0.3 is 20.7 Å². The van der Waals surface area contributed by atoms with Crippen LogP contribution in [-0.4, -0.2) is 36.7 Å². The van der Waals surface area contributed by atoms with Crippen molar-refractivity contribution in [2.45, 2.75) is 32.2 Å². The summed E-state index contributed by atoms with van der Waals surface area (Å²) in [6.07, 6.45) is 2.69. The molecular formula is C15H23N3O2. The molecule has 0 spiro atoms. The minimum absolute atomic E-state index is 0.199. The minimum Gasteiger partial charge on any atom is -0.449 e. The topological polar surface area (TPSA) is 67.6 Å². The number of amides is 1. The molecule has 0 aliphatic carbocycles. The molecule has 5 heteroatoms. The van der Waals surface area contributed by atoms with Crippen LogP contribution in [0.15, 0.2) is 24.3 Å². The van der Waals surface area contributed by atoms with Gasteiger partial charge in [-0.05, 0) is 31.0 Å². The maximum absolute atomic E-state index is 11.8. The van der Waals surface area contributed by atoms with Crippen LogP contribution in [0.4, 0.5) is 16.2 Å². The minimum atomic E-state index is -0.199. The van der Waals surface area contributed by atoms with Crippen molar-refractivity contribution in [1.29, 1.82) is 0 Å². The Bertz CT molecular complexity index is 450. The largest absolute Gasteiger partial charge is 0.449 e. The number of carbonyl (C=O) groups excluding carboxylic acids is 1. The van der Waals surface area contributed by atoms with Gasteiger partial charge in [-0.2, -0.15) is 0 Å². The second-order valence-electron chi connectivity index (χ2n) is 5.17. The molecule has 1 amide bonds. The molecule has 1 aromatic rings. The second-order valence-corrected chi connectivity index (χ2v) is 5.17. The Morgan fingerprint density at radius 3 is 3.15 bits per heavy atom. The van der Waals surface area contributed by atoms with Crippen LogP contribution >= 0.6 is 0 Å². The fourth-order valence-corrected chi connectivity index (χ4v) is 2.30. The van der Waals surface area contributed by atoms with Crippen LogP contribution in [-0.2, 0) is 4.74 Å². The molecule has 1 aliphatic heterocycles. The lowest BCUT2D eigenvalue weighted by molar-refractivity contribution is 0.109. The molecule has 1 atom stereocenters. The number of hydrogen-bond acceptors (Lipinski definition) is 4. The number of carbonyl (C=O) groups is 1. The maximum atomic E-state index is 11.8. The van der Waals surface area contributed by atoms with E-state index < -0.39 is 0 Å². The van der Waals surface area contributed by atoms with Gasteiger partial charge >= 0.3 is 6.09 Å². The number of ether oxygens (including phenoxy) is 1. The zero-order chi connectivity index (χ0) is 14.4. The number of nitrogen functional groups attached to an aromatic ring is 1. The van der Waals surface area contributed by atoms with Crippen LogP contribution in [0, 0.1) is 0 Å². The molecule has 1 aromatic carbocycles. The van der Waals surface area contributed by atoms with E-state index in [0.717, 1.165) is 37.2 Å². The number of nitrogens with one attached hydrogen (secondary N) is 1. The number of unbranched alkanes of at least 4 members (excludes halogenated alkanes) is 1. The Kier molecular flexibility index (Phi) is 5.09. The third-order valence-corrected chi connectivity index (χ3v) is 3.43. The lowest BCUT2D eigenvalue weighted by atomic mass is 10.2. The van der Waals surface area contributed by atoms with Gasteiger partial charge in [-0.25, -0.2) is 4.79 Å². The molecule has 0 aromatic heterocycles. The molecule has 2 rings (SSSR count). The fraction of sp³-hybridized carbons (Fsp3) is 0.533. The molecule has 110 valence electrons. The summed E-state index contributed by atoms with van der Waals surface area (Å²) in [5.74, 6) is 0. The summed E-state index contributed by atoms with van der Waals surface area (Å²) in [6.45, 7) is 4.01. The summed E-state index contributed by atoms with van der Waals surface area (Å²) in [5.41, 5.74) is 7.49. The average molecular weight is 277 g/mol. The number of nitrogens with two attached hydrogens (primary N) is 1. The Labute approximate surface area is 120 Å². The van der Waals surface area contributed by atoms with Crippen LogP contribution < -0.4 is 11.1 Å². The van der Waals surface area contributed by atoms with Gasteiger partial charge in [-0.15, -0.1) is 0 Å². The highest BCUT2D eigenvalue weighted by Crippen LogP contribution is 2.18. The summed E-state index contributed by atoms with van der Waals surface area (Å²) in [5, 5.41) is 3.40. The van der Waals surface area contributed by atoms with Crippen LogP contribution in [0.2, 0.25) is 0 Å². The number of hydrogen-bond donors (Lipinski definition) is 2. The number of likely N-dealkylation sites (tertiary alicyclic amines) is 1. The predicted molar refractivity (Wildman–Crippen MR) is 80.7 cm³/mol. The van der Waals surface area contributed by atoms with Crippen molar-refractivity contribution in [3.05, 3.63) is 24.3 Å². The lowest BCUT2D eigenvalue weighted by Gasteiger charge is -2.17. The van der Waals surface area contributed by atoms with E-state index in [1.807, 2.05) is 24.3 Å². The third-order valence-electron chi connectivity index (χ3n) is 3.43.